The van der Waals surface area contributed by atoms with Crippen LogP contribution in [0.25, 0.3) is 17.1 Å². The molecule has 222 valence electrons. The Morgan fingerprint density at radius 3 is 2.56 bits per heavy atom. The van der Waals surface area contributed by atoms with Crippen molar-refractivity contribution in [2.75, 3.05) is 26.2 Å². The SMILES string of the molecule is C=Cc1cccc(C(=O)N2CCC(C(=O)N3CCC(O)(Cn4cnc5c(ccn5C)c4=O)CC3)C(c3ccccc3)C2)c1. The first-order valence-electron chi connectivity index (χ1n) is 14.8. The van der Waals surface area contributed by atoms with Gasteiger partial charge in [0.15, 0.2) is 0 Å². The van der Waals surface area contributed by atoms with Gasteiger partial charge in [-0.05, 0) is 48.6 Å². The second-order valence-electron chi connectivity index (χ2n) is 11.9. The number of aromatic nitrogens is 3. The van der Waals surface area contributed by atoms with Gasteiger partial charge in [0.25, 0.3) is 11.5 Å². The molecular weight excluding hydrogens is 542 g/mol. The maximum atomic E-state index is 14.0. The van der Waals surface area contributed by atoms with Gasteiger partial charge in [-0.1, -0.05) is 55.1 Å². The first kappa shape index (κ1) is 28.6. The fourth-order valence-corrected chi connectivity index (χ4v) is 6.60. The zero-order valence-electron chi connectivity index (χ0n) is 24.4. The van der Waals surface area contributed by atoms with E-state index in [9.17, 15) is 19.5 Å². The number of hydrogen-bond donors (Lipinski definition) is 1. The molecule has 2 atom stereocenters. The highest BCUT2D eigenvalue weighted by molar-refractivity contribution is 5.95. The smallest absolute Gasteiger partial charge is 0.262 e. The number of nitrogens with zero attached hydrogens (tertiary/aromatic N) is 5. The van der Waals surface area contributed by atoms with Gasteiger partial charge in [-0.3, -0.25) is 19.0 Å². The second-order valence-corrected chi connectivity index (χ2v) is 11.9. The zero-order chi connectivity index (χ0) is 30.1. The molecule has 2 unspecified atom stereocenters. The summed E-state index contributed by atoms with van der Waals surface area (Å²) in [6.45, 7) is 5.69. The molecule has 2 aromatic heterocycles. The molecule has 9 heteroatoms. The third kappa shape index (κ3) is 5.64. The summed E-state index contributed by atoms with van der Waals surface area (Å²) in [4.78, 5) is 48.6. The van der Waals surface area contributed by atoms with Gasteiger partial charge < -0.3 is 19.5 Å². The number of amides is 2. The molecule has 2 aliphatic heterocycles. The third-order valence-corrected chi connectivity index (χ3v) is 9.14. The van der Waals surface area contributed by atoms with Crippen LogP contribution in [-0.2, 0) is 18.4 Å². The van der Waals surface area contributed by atoms with E-state index in [4.69, 9.17) is 0 Å². The Morgan fingerprint density at radius 1 is 1.05 bits per heavy atom. The Balaban J connectivity index is 1.15. The van der Waals surface area contributed by atoms with Crippen molar-refractivity contribution in [2.24, 2.45) is 13.0 Å². The molecule has 0 bridgehead atoms. The van der Waals surface area contributed by atoms with Crippen molar-refractivity contribution in [3.05, 3.63) is 107 Å². The number of piperidine rings is 2. The van der Waals surface area contributed by atoms with Gasteiger partial charge in [0.1, 0.15) is 12.0 Å². The predicted octanol–water partition coefficient (Wildman–Crippen LogP) is 3.68. The normalized spacial score (nSPS) is 20.2. The number of carbonyl (C=O) groups is 2. The Hall–Kier alpha value is -4.50. The van der Waals surface area contributed by atoms with Crippen molar-refractivity contribution in [2.45, 2.75) is 37.3 Å². The highest BCUT2D eigenvalue weighted by atomic mass is 16.3. The van der Waals surface area contributed by atoms with Crippen molar-refractivity contribution in [3.63, 3.8) is 0 Å². The first-order chi connectivity index (χ1) is 20.8. The number of benzene rings is 2. The lowest BCUT2D eigenvalue weighted by molar-refractivity contribution is -0.142. The van der Waals surface area contributed by atoms with Crippen LogP contribution in [0.4, 0.5) is 0 Å². The molecule has 2 amide bonds. The van der Waals surface area contributed by atoms with Crippen molar-refractivity contribution in [1.82, 2.24) is 23.9 Å². The highest BCUT2D eigenvalue weighted by Crippen LogP contribution is 2.36. The van der Waals surface area contributed by atoms with Crippen LogP contribution in [0.2, 0.25) is 0 Å². The van der Waals surface area contributed by atoms with E-state index in [1.165, 1.54) is 10.9 Å². The van der Waals surface area contributed by atoms with E-state index >= 15 is 0 Å². The van der Waals surface area contributed by atoms with Crippen LogP contribution in [0.5, 0.6) is 0 Å². The number of hydrogen-bond acceptors (Lipinski definition) is 5. The lowest BCUT2D eigenvalue weighted by atomic mass is 9.79. The van der Waals surface area contributed by atoms with E-state index in [1.54, 1.807) is 22.9 Å². The van der Waals surface area contributed by atoms with Crippen molar-refractivity contribution in [1.29, 1.82) is 0 Å². The summed E-state index contributed by atoms with van der Waals surface area (Å²) in [6.07, 6.45) is 6.31. The minimum absolute atomic E-state index is 0.0445. The van der Waals surface area contributed by atoms with Crippen molar-refractivity contribution < 1.29 is 14.7 Å². The summed E-state index contributed by atoms with van der Waals surface area (Å²) in [5.74, 6) is -0.403. The molecule has 0 aliphatic carbocycles. The summed E-state index contributed by atoms with van der Waals surface area (Å²) < 4.78 is 3.27. The van der Waals surface area contributed by atoms with Crippen molar-refractivity contribution in [3.8, 4) is 0 Å². The van der Waals surface area contributed by atoms with Crippen LogP contribution in [0.15, 0.2) is 84.6 Å². The average molecular weight is 580 g/mol. The molecule has 43 heavy (non-hydrogen) atoms. The molecule has 2 saturated heterocycles. The van der Waals surface area contributed by atoms with Gasteiger partial charge in [0, 0.05) is 56.8 Å². The number of likely N-dealkylation sites (tertiary alicyclic amines) is 2. The Morgan fingerprint density at radius 2 is 1.81 bits per heavy atom. The highest BCUT2D eigenvalue weighted by Gasteiger charge is 2.41. The van der Waals surface area contributed by atoms with Crippen molar-refractivity contribution >= 4 is 28.9 Å². The van der Waals surface area contributed by atoms with Gasteiger partial charge in [-0.25, -0.2) is 4.98 Å². The van der Waals surface area contributed by atoms with E-state index < -0.39 is 5.60 Å². The minimum atomic E-state index is -1.11. The Bertz CT molecular complexity index is 1720. The van der Waals surface area contributed by atoms with Crippen LogP contribution in [-0.4, -0.2) is 72.6 Å². The fraction of sp³-hybridized carbons (Fsp3) is 0.353. The number of carbonyl (C=O) groups excluding carboxylic acids is 2. The van der Waals surface area contributed by atoms with Crippen LogP contribution in [0, 0.1) is 5.92 Å². The van der Waals surface area contributed by atoms with Crippen LogP contribution < -0.4 is 5.56 Å². The summed E-state index contributed by atoms with van der Waals surface area (Å²) in [5, 5.41) is 11.9. The van der Waals surface area contributed by atoms with Crippen LogP contribution in [0.1, 0.15) is 46.7 Å². The van der Waals surface area contributed by atoms with Crippen LogP contribution >= 0.6 is 0 Å². The lowest BCUT2D eigenvalue weighted by Crippen LogP contribution is -2.53. The van der Waals surface area contributed by atoms with Crippen LogP contribution in [0.3, 0.4) is 0 Å². The number of aliphatic hydroxyl groups is 1. The molecule has 0 saturated carbocycles. The quantitative estimate of drug-likeness (QED) is 0.376. The predicted molar refractivity (Wildman–Crippen MR) is 165 cm³/mol. The monoisotopic (exact) mass is 579 g/mol. The fourth-order valence-electron chi connectivity index (χ4n) is 6.60. The van der Waals surface area contributed by atoms with Gasteiger partial charge in [0.05, 0.1) is 17.5 Å². The average Bonchev–Trinajstić information content (AvgIpc) is 3.43. The van der Waals surface area contributed by atoms with E-state index in [2.05, 4.69) is 11.6 Å². The van der Waals surface area contributed by atoms with Gasteiger partial charge in [-0.15, -0.1) is 0 Å². The second kappa shape index (κ2) is 11.6. The molecule has 4 aromatic rings. The number of rotatable bonds is 6. The summed E-state index contributed by atoms with van der Waals surface area (Å²) in [5.41, 5.74) is 1.86. The molecule has 6 rings (SSSR count). The third-order valence-electron chi connectivity index (χ3n) is 9.14. The largest absolute Gasteiger partial charge is 0.388 e. The number of fused-ring (bicyclic) bond motifs is 1. The number of aryl methyl sites for hydroxylation is 1. The maximum Gasteiger partial charge on any atom is 0.262 e. The standard InChI is InChI=1S/C34H37N5O4/c1-3-24-8-7-11-26(20-24)31(40)38-17-13-27(29(21-38)25-9-5-4-6-10-25)32(41)37-18-14-34(43,15-19-37)22-39-23-35-30-28(33(39)42)12-16-36(30)2/h3-12,16,20,23,27,29,43H,1,13-15,17-19,21-22H2,2H3. The van der Waals surface area contributed by atoms with Gasteiger partial charge in [-0.2, -0.15) is 0 Å². The topological polar surface area (TPSA) is 101 Å². The first-order valence-corrected chi connectivity index (χ1v) is 14.8. The molecular formula is C34H37N5O4. The zero-order valence-corrected chi connectivity index (χ0v) is 24.4. The summed E-state index contributed by atoms with van der Waals surface area (Å²) in [6, 6.07) is 19.1. The van der Waals surface area contributed by atoms with E-state index in [0.717, 1.165) is 11.1 Å². The van der Waals surface area contributed by atoms with E-state index in [0.29, 0.717) is 62.0 Å². The molecule has 2 aromatic carbocycles. The molecule has 0 radical (unpaired) electrons. The summed E-state index contributed by atoms with van der Waals surface area (Å²) in [7, 11) is 1.84. The van der Waals surface area contributed by atoms with Gasteiger partial charge >= 0.3 is 0 Å². The Kier molecular flexibility index (Phi) is 7.75. The molecule has 9 nitrogen and oxygen atoms in total. The molecule has 1 N–H and O–H groups in total. The van der Waals surface area contributed by atoms with E-state index in [1.807, 2.05) is 71.4 Å². The molecule has 2 fully saturated rings. The lowest BCUT2D eigenvalue weighted by Gasteiger charge is -2.43. The molecule has 4 heterocycles. The summed E-state index contributed by atoms with van der Waals surface area (Å²) >= 11 is 0. The van der Waals surface area contributed by atoms with Gasteiger partial charge in [0.2, 0.25) is 5.91 Å². The molecule has 2 aliphatic rings. The molecule has 0 spiro atoms. The minimum Gasteiger partial charge on any atom is -0.388 e. The maximum absolute atomic E-state index is 14.0. The van der Waals surface area contributed by atoms with E-state index in [-0.39, 0.29) is 35.8 Å². The Labute approximate surface area is 250 Å².